The van der Waals surface area contributed by atoms with Crippen LogP contribution in [0.5, 0.6) is 5.75 Å². The number of hydrogen-bond acceptors (Lipinski definition) is 4. The van der Waals surface area contributed by atoms with Gasteiger partial charge >= 0.3 is 6.09 Å². The second-order valence-corrected chi connectivity index (χ2v) is 4.95. The molecule has 1 N–H and O–H groups in total. The molecule has 0 bridgehead atoms. The fourth-order valence-corrected chi connectivity index (χ4v) is 1.99. The van der Waals surface area contributed by atoms with Crippen LogP contribution >= 0.6 is 0 Å². The zero-order chi connectivity index (χ0) is 17.4. The number of carbonyl (C=O) groups excluding carboxylic acids is 2. The second-order valence-electron chi connectivity index (χ2n) is 4.95. The molecule has 2 amide bonds. The number of likely N-dealkylation sites (N-methyl/N-ethyl adjacent to an activating group) is 1. The average molecular weight is 328 g/mol. The van der Waals surface area contributed by atoms with Crippen molar-refractivity contribution < 1.29 is 19.1 Å². The van der Waals surface area contributed by atoms with Gasteiger partial charge in [0.15, 0.2) is 6.61 Å². The van der Waals surface area contributed by atoms with E-state index in [1.165, 1.54) is 4.90 Å². The first-order valence-electron chi connectivity index (χ1n) is 7.58. The van der Waals surface area contributed by atoms with Crippen molar-refractivity contribution in [2.45, 2.75) is 6.92 Å². The van der Waals surface area contributed by atoms with E-state index >= 15 is 0 Å². The molecule has 0 saturated heterocycles. The van der Waals surface area contributed by atoms with E-state index in [4.69, 9.17) is 9.47 Å². The van der Waals surface area contributed by atoms with Gasteiger partial charge in [0.2, 0.25) is 0 Å². The molecule has 24 heavy (non-hydrogen) atoms. The molecule has 0 radical (unpaired) electrons. The van der Waals surface area contributed by atoms with Crippen LogP contribution in [-0.2, 0) is 9.53 Å². The minimum Gasteiger partial charge on any atom is -0.484 e. The third-order valence-electron chi connectivity index (χ3n) is 3.24. The molecule has 6 nitrogen and oxygen atoms in total. The van der Waals surface area contributed by atoms with E-state index in [-0.39, 0.29) is 12.5 Å². The molecule has 0 unspecified atom stereocenters. The number of anilines is 2. The Kier molecular flexibility index (Phi) is 6.19. The summed E-state index contributed by atoms with van der Waals surface area (Å²) in [5.41, 5.74) is 1.33. The Hall–Kier alpha value is -3.02. The highest BCUT2D eigenvalue weighted by Crippen LogP contribution is 2.18. The Morgan fingerprint density at radius 1 is 1.08 bits per heavy atom. The van der Waals surface area contributed by atoms with Crippen LogP contribution in [0.15, 0.2) is 54.6 Å². The summed E-state index contributed by atoms with van der Waals surface area (Å²) in [5.74, 6) is 0.309. The monoisotopic (exact) mass is 328 g/mol. The van der Waals surface area contributed by atoms with Gasteiger partial charge in [0.1, 0.15) is 5.75 Å². The molecule has 0 spiro atoms. The van der Waals surface area contributed by atoms with E-state index in [0.717, 1.165) is 5.69 Å². The Morgan fingerprint density at radius 2 is 1.83 bits per heavy atom. The van der Waals surface area contributed by atoms with Gasteiger partial charge in [0.05, 0.1) is 6.61 Å². The number of benzene rings is 2. The standard InChI is InChI=1S/C18H20N2O4/c1-3-23-18(22)19-14-8-7-11-16(12-14)24-13-17(21)20(2)15-9-5-4-6-10-15/h4-12H,3,13H2,1-2H3,(H,19,22). The number of hydrogen-bond donors (Lipinski definition) is 1. The summed E-state index contributed by atoms with van der Waals surface area (Å²) in [6.45, 7) is 1.92. The molecule has 2 aromatic carbocycles. The second kappa shape index (κ2) is 8.57. The SMILES string of the molecule is CCOC(=O)Nc1cccc(OCC(=O)N(C)c2ccccc2)c1. The molecule has 6 heteroatoms. The predicted octanol–water partition coefficient (Wildman–Crippen LogP) is 3.30. The van der Waals surface area contributed by atoms with Gasteiger partial charge in [0, 0.05) is 24.5 Å². The smallest absolute Gasteiger partial charge is 0.411 e. The third-order valence-corrected chi connectivity index (χ3v) is 3.24. The average Bonchev–Trinajstić information content (AvgIpc) is 2.60. The number of ether oxygens (including phenoxy) is 2. The largest absolute Gasteiger partial charge is 0.484 e. The molecule has 0 aliphatic carbocycles. The maximum absolute atomic E-state index is 12.2. The summed E-state index contributed by atoms with van der Waals surface area (Å²) in [5, 5.41) is 2.58. The molecule has 126 valence electrons. The molecular formula is C18H20N2O4. The fourth-order valence-electron chi connectivity index (χ4n) is 1.99. The van der Waals surface area contributed by atoms with E-state index in [1.54, 1.807) is 38.2 Å². The van der Waals surface area contributed by atoms with Crippen LogP contribution in [0.25, 0.3) is 0 Å². The van der Waals surface area contributed by atoms with Crippen molar-refractivity contribution in [2.24, 2.45) is 0 Å². The highest BCUT2D eigenvalue weighted by molar-refractivity contribution is 5.93. The van der Waals surface area contributed by atoms with Crippen LogP contribution in [0.4, 0.5) is 16.2 Å². The van der Waals surface area contributed by atoms with Crippen molar-refractivity contribution in [2.75, 3.05) is 30.5 Å². The van der Waals surface area contributed by atoms with E-state index in [0.29, 0.717) is 18.0 Å². The van der Waals surface area contributed by atoms with Gasteiger partial charge in [-0.25, -0.2) is 4.79 Å². The van der Waals surface area contributed by atoms with Crippen LogP contribution in [0.3, 0.4) is 0 Å². The van der Waals surface area contributed by atoms with Crippen LogP contribution in [0.1, 0.15) is 6.92 Å². The van der Waals surface area contributed by atoms with Crippen LogP contribution in [0.2, 0.25) is 0 Å². The maximum atomic E-state index is 12.2. The number of carbonyl (C=O) groups is 2. The van der Waals surface area contributed by atoms with E-state index < -0.39 is 6.09 Å². The quantitative estimate of drug-likeness (QED) is 0.883. The lowest BCUT2D eigenvalue weighted by atomic mass is 10.3. The zero-order valence-electron chi connectivity index (χ0n) is 13.7. The predicted molar refractivity (Wildman–Crippen MR) is 92.4 cm³/mol. The van der Waals surface area contributed by atoms with Gasteiger partial charge in [-0.2, -0.15) is 0 Å². The van der Waals surface area contributed by atoms with Crippen LogP contribution in [0, 0.1) is 0 Å². The fraction of sp³-hybridized carbons (Fsp3) is 0.222. The number of rotatable bonds is 6. The van der Waals surface area contributed by atoms with Crippen LogP contribution in [-0.4, -0.2) is 32.3 Å². The first-order chi connectivity index (χ1) is 11.6. The highest BCUT2D eigenvalue weighted by atomic mass is 16.5. The molecule has 0 saturated carbocycles. The van der Waals surface area contributed by atoms with E-state index in [2.05, 4.69) is 5.32 Å². The molecule has 0 atom stereocenters. The van der Waals surface area contributed by atoms with Crippen molar-refractivity contribution in [1.29, 1.82) is 0 Å². The molecule has 0 heterocycles. The topological polar surface area (TPSA) is 67.9 Å². The van der Waals surface area contributed by atoms with Gasteiger partial charge in [-0.05, 0) is 31.2 Å². The Balaban J connectivity index is 1.92. The Labute approximate surface area is 141 Å². The zero-order valence-corrected chi connectivity index (χ0v) is 13.7. The van der Waals surface area contributed by atoms with Gasteiger partial charge in [0.25, 0.3) is 5.91 Å². The van der Waals surface area contributed by atoms with Gasteiger partial charge in [-0.1, -0.05) is 24.3 Å². The van der Waals surface area contributed by atoms with Gasteiger partial charge < -0.3 is 14.4 Å². The molecule has 0 aliphatic rings. The maximum Gasteiger partial charge on any atom is 0.411 e. The first kappa shape index (κ1) is 17.3. The normalized spacial score (nSPS) is 9.92. The number of nitrogens with one attached hydrogen (secondary N) is 1. The Morgan fingerprint density at radius 3 is 2.54 bits per heavy atom. The molecule has 2 aromatic rings. The molecule has 2 rings (SSSR count). The van der Waals surface area contributed by atoms with Crippen molar-refractivity contribution in [1.82, 2.24) is 0 Å². The molecular weight excluding hydrogens is 308 g/mol. The summed E-state index contributed by atoms with van der Waals surface area (Å²) in [6.07, 6.45) is -0.533. The minimum absolute atomic E-state index is 0.103. The molecule has 0 aromatic heterocycles. The van der Waals surface area contributed by atoms with Crippen molar-refractivity contribution in [3.8, 4) is 5.75 Å². The van der Waals surface area contributed by atoms with Crippen LogP contribution < -0.4 is 15.0 Å². The van der Waals surface area contributed by atoms with E-state index in [9.17, 15) is 9.59 Å². The first-order valence-corrected chi connectivity index (χ1v) is 7.58. The lowest BCUT2D eigenvalue weighted by molar-refractivity contribution is -0.120. The molecule has 0 aliphatic heterocycles. The van der Waals surface area contributed by atoms with Crippen molar-refractivity contribution in [3.05, 3.63) is 54.6 Å². The summed E-state index contributed by atoms with van der Waals surface area (Å²) >= 11 is 0. The number of nitrogens with zero attached hydrogens (tertiary/aromatic N) is 1. The molecule has 0 fully saturated rings. The number of amides is 2. The van der Waals surface area contributed by atoms with Gasteiger partial charge in [-0.15, -0.1) is 0 Å². The Bertz CT molecular complexity index is 688. The van der Waals surface area contributed by atoms with E-state index in [1.807, 2.05) is 30.3 Å². The summed E-state index contributed by atoms with van der Waals surface area (Å²) in [4.78, 5) is 25.1. The van der Waals surface area contributed by atoms with Gasteiger partial charge in [-0.3, -0.25) is 10.1 Å². The van der Waals surface area contributed by atoms with Crippen molar-refractivity contribution in [3.63, 3.8) is 0 Å². The van der Waals surface area contributed by atoms with Crippen molar-refractivity contribution >= 4 is 23.4 Å². The minimum atomic E-state index is -0.533. The number of para-hydroxylation sites is 1. The summed E-state index contributed by atoms with van der Waals surface area (Å²) in [7, 11) is 1.69. The summed E-state index contributed by atoms with van der Waals surface area (Å²) in [6, 6.07) is 16.1. The third kappa shape index (κ3) is 5.01. The highest BCUT2D eigenvalue weighted by Gasteiger charge is 2.11. The lowest BCUT2D eigenvalue weighted by Gasteiger charge is -2.17. The summed E-state index contributed by atoms with van der Waals surface area (Å²) < 4.78 is 10.3. The lowest BCUT2D eigenvalue weighted by Crippen LogP contribution is -2.31.